The van der Waals surface area contributed by atoms with Gasteiger partial charge < -0.3 is 119 Å². The Hall–Kier alpha value is -0.782. The van der Waals surface area contributed by atoms with Crippen molar-refractivity contribution in [1.29, 1.82) is 0 Å². The molecule has 0 rings (SSSR count). The molecule has 0 aliphatic heterocycles. The van der Waals surface area contributed by atoms with Crippen molar-refractivity contribution in [2.45, 2.75) is 0 Å². The van der Waals surface area contributed by atoms with Crippen LogP contribution in [0.5, 0.6) is 0 Å². The van der Waals surface area contributed by atoms with Crippen LogP contribution in [0, 0.1) is 179 Å². The first-order valence-electron chi connectivity index (χ1n) is 16.3. The number of carboxylic acids is 12. The van der Waals surface area contributed by atoms with Gasteiger partial charge in [0.2, 0.25) is 0 Å². The SMILES string of the molecule is O=C([O-])CN(CCN(CC(=O)[O-])CC(=O)[O-])CC(=O)[O-].O=C([O-])CN(CCN(CC(=O)[O-])CC(=O)[O-])CC(=O)[O-].O=C([O-])CN(CCN(CC(=O)[O-])CC(=O)[O-])CC(=O)[O-].[Eu+3].[Eu+3].[Gd+3].[Gd+3]. The summed E-state index contributed by atoms with van der Waals surface area (Å²) >= 11 is 0. The van der Waals surface area contributed by atoms with Crippen LogP contribution in [0.15, 0.2) is 0 Å². The van der Waals surface area contributed by atoms with Gasteiger partial charge in [-0.05, 0) is 0 Å². The van der Waals surface area contributed by atoms with Gasteiger partial charge in [-0.1, -0.05) is 0 Å². The molecule has 0 atom stereocenters. The van der Waals surface area contributed by atoms with Gasteiger partial charge in [-0.25, -0.2) is 0 Å². The maximum atomic E-state index is 10.4. The molecule has 0 spiro atoms. The number of rotatable bonds is 33. The number of hydrogen-bond acceptors (Lipinski definition) is 30. The minimum atomic E-state index is -1.53. The zero-order valence-electron chi connectivity index (χ0n) is 32.7. The molecule has 0 heterocycles. The molecule has 2 radical (unpaired) electrons. The molecule has 0 aromatic heterocycles. The molecule has 64 heavy (non-hydrogen) atoms. The summed E-state index contributed by atoms with van der Waals surface area (Å²) in [5.41, 5.74) is 0. The van der Waals surface area contributed by atoms with E-state index in [0.717, 1.165) is 29.4 Å². The van der Waals surface area contributed by atoms with Crippen LogP contribution < -0.4 is 61.3 Å². The molecule has 0 aliphatic carbocycles. The second-order valence-corrected chi connectivity index (χ2v) is 11.7. The van der Waals surface area contributed by atoms with E-state index in [0.29, 0.717) is 0 Å². The molecule has 0 aliphatic rings. The first-order chi connectivity index (χ1) is 27.6. The number of aliphatic carboxylic acids is 12. The van der Waals surface area contributed by atoms with Gasteiger partial charge in [-0.3, -0.25) is 29.4 Å². The van der Waals surface area contributed by atoms with Gasteiger partial charge in [0.1, 0.15) is 0 Å². The van der Waals surface area contributed by atoms with E-state index < -0.39 is 150 Å². The van der Waals surface area contributed by atoms with Crippen LogP contribution in [-0.4, -0.2) is 219 Å². The van der Waals surface area contributed by atoms with Crippen molar-refractivity contribution < 1.29 is 297 Å². The Labute approximate surface area is 508 Å². The average molecular weight is 1480 g/mol. The van der Waals surface area contributed by atoms with Gasteiger partial charge in [0.05, 0.1) is 71.6 Å². The van der Waals surface area contributed by atoms with Crippen molar-refractivity contribution in [3.05, 3.63) is 0 Å². The van der Waals surface area contributed by atoms with Crippen LogP contribution in [-0.2, 0) is 57.5 Å². The maximum Gasteiger partial charge on any atom is 3.00 e. The zero-order valence-corrected chi connectivity index (χ0v) is 42.1. The van der Waals surface area contributed by atoms with Gasteiger partial charge in [0, 0.05) is 118 Å². The molecule has 0 saturated heterocycles. The fourth-order valence-corrected chi connectivity index (χ4v) is 4.32. The average Bonchev–Trinajstić information content (AvgIpc) is 3.02. The quantitative estimate of drug-likeness (QED) is 0.0589. The fraction of sp³-hybridized carbons (Fsp3) is 0.600. The van der Waals surface area contributed by atoms with E-state index in [9.17, 15) is 119 Å². The predicted octanol–water partition coefficient (Wildman–Crippen LogP) is -22.2. The van der Waals surface area contributed by atoms with Crippen molar-refractivity contribution in [1.82, 2.24) is 29.4 Å². The Bertz CT molecular complexity index is 1140. The molecule has 0 saturated carbocycles. The number of carbonyl (C=O) groups is 12. The van der Waals surface area contributed by atoms with Crippen molar-refractivity contribution in [3.63, 3.8) is 0 Å². The van der Waals surface area contributed by atoms with Gasteiger partial charge in [-0.2, -0.15) is 0 Å². The molecule has 0 N–H and O–H groups in total. The summed E-state index contributed by atoms with van der Waals surface area (Å²) in [6.07, 6.45) is 0. The third-order valence-electron chi connectivity index (χ3n) is 6.43. The largest absolute Gasteiger partial charge is 3.00 e. The summed E-state index contributed by atoms with van der Waals surface area (Å²) < 4.78 is 0. The molecule has 30 nitrogen and oxygen atoms in total. The first-order valence-corrected chi connectivity index (χ1v) is 16.3. The summed E-state index contributed by atoms with van der Waals surface area (Å²) in [6.45, 7) is -9.75. The minimum Gasteiger partial charge on any atom is -0.549 e. The van der Waals surface area contributed by atoms with Crippen molar-refractivity contribution >= 4 is 71.6 Å². The Morgan fingerprint density at radius 2 is 0.266 bits per heavy atom. The van der Waals surface area contributed by atoms with Crippen LogP contribution in [0.2, 0.25) is 0 Å². The molecule has 0 unspecified atom stereocenters. The summed E-state index contributed by atoms with van der Waals surface area (Å²) in [7, 11) is 0. The number of nitrogens with zero attached hydrogens (tertiary/aromatic N) is 6. The van der Waals surface area contributed by atoms with E-state index in [2.05, 4.69) is 0 Å². The Kier molecular flexibility index (Phi) is 55.6. The van der Waals surface area contributed by atoms with E-state index >= 15 is 0 Å². The Morgan fingerprint density at radius 1 is 0.203 bits per heavy atom. The third-order valence-corrected chi connectivity index (χ3v) is 6.43. The molecule has 0 amide bonds. The second kappa shape index (κ2) is 46.0. The van der Waals surface area contributed by atoms with Crippen LogP contribution in [0.3, 0.4) is 0 Å². The van der Waals surface area contributed by atoms with Crippen molar-refractivity contribution in [2.24, 2.45) is 0 Å². The second-order valence-electron chi connectivity index (χ2n) is 11.7. The Balaban J connectivity index is -0.000000148. The minimum absolute atomic E-state index is 0. The summed E-state index contributed by atoms with van der Waals surface area (Å²) in [5, 5.41) is 125. The monoisotopic (exact) mass is 1490 g/mol. The zero-order chi connectivity index (χ0) is 47.1. The van der Waals surface area contributed by atoms with Crippen LogP contribution >= 0.6 is 0 Å². The van der Waals surface area contributed by atoms with Crippen LogP contribution in [0.25, 0.3) is 0 Å². The molecule has 0 aromatic rings. The third kappa shape index (κ3) is 57.3. The van der Waals surface area contributed by atoms with Gasteiger partial charge >= 0.3 is 179 Å². The summed E-state index contributed by atoms with van der Waals surface area (Å²) in [5.74, 6) is -18.4. The predicted molar refractivity (Wildman–Crippen MR) is 159 cm³/mol. The number of carboxylic acid groups (broad SMARTS) is 12. The Morgan fingerprint density at radius 3 is 0.312 bits per heavy atom. The fourth-order valence-electron chi connectivity index (χ4n) is 4.32. The number of hydrogen-bond donors (Lipinski definition) is 0. The van der Waals surface area contributed by atoms with E-state index in [4.69, 9.17) is 0 Å². The summed E-state index contributed by atoms with van der Waals surface area (Å²) in [6, 6.07) is 0. The number of carbonyl (C=O) groups excluding carboxylic acids is 12. The van der Waals surface area contributed by atoms with Crippen molar-refractivity contribution in [3.8, 4) is 0 Å². The molecular formula is C30H36Eu2Gd2N6O24. The maximum absolute atomic E-state index is 10.4. The van der Waals surface area contributed by atoms with Gasteiger partial charge in [0.15, 0.2) is 0 Å². The van der Waals surface area contributed by atoms with Gasteiger partial charge in [-0.15, -0.1) is 0 Å². The van der Waals surface area contributed by atoms with Crippen molar-refractivity contribution in [2.75, 3.05) is 118 Å². The molecular weight excluding hydrogens is 1450 g/mol. The molecule has 0 aromatic carbocycles. The van der Waals surface area contributed by atoms with E-state index in [-0.39, 0.29) is 218 Å². The van der Waals surface area contributed by atoms with E-state index in [1.807, 2.05) is 0 Å². The molecule has 0 fully saturated rings. The van der Waals surface area contributed by atoms with Crippen LogP contribution in [0.4, 0.5) is 0 Å². The molecule has 360 valence electrons. The smallest absolute Gasteiger partial charge is 0.549 e. The topological polar surface area (TPSA) is 501 Å². The normalized spacial score (nSPS) is 10.0. The van der Waals surface area contributed by atoms with Crippen LogP contribution in [0.1, 0.15) is 0 Å². The molecule has 0 bridgehead atoms. The first kappa shape index (κ1) is 77.4. The molecule has 34 heteroatoms. The van der Waals surface area contributed by atoms with E-state index in [1.54, 1.807) is 0 Å². The van der Waals surface area contributed by atoms with E-state index in [1.165, 1.54) is 0 Å². The van der Waals surface area contributed by atoms with Gasteiger partial charge in [0.25, 0.3) is 0 Å². The standard InChI is InChI=1S/3C10H16N2O8.2Eu.2Gd/c3*13-7(14)3-11(4-8(15)16)1-2-12(5-9(17)18)6-10(19)20;;;;/h3*1-6H2,(H,13,14)(H,15,16)(H,17,18)(H,19,20);;;;/q;;;4*+3/p-12. The summed E-state index contributed by atoms with van der Waals surface area (Å²) in [4.78, 5) is 130.